The molecule has 3 nitrogen and oxygen atoms in total. The molecule has 0 saturated carbocycles. The van der Waals surface area contributed by atoms with Crippen LogP contribution in [0.15, 0.2) is 18.2 Å². The number of para-hydroxylation sites is 1. The van der Waals surface area contributed by atoms with E-state index in [1.807, 2.05) is 6.92 Å². The Morgan fingerprint density at radius 3 is 2.80 bits per heavy atom. The number of anilines is 1. The summed E-state index contributed by atoms with van der Waals surface area (Å²) >= 11 is 0. The van der Waals surface area contributed by atoms with Crippen molar-refractivity contribution < 1.29 is 13.9 Å². The average molecular weight is 211 g/mol. The zero-order chi connectivity index (χ0) is 11.4. The summed E-state index contributed by atoms with van der Waals surface area (Å²) in [4.78, 5) is 11.4. The number of halogens is 1. The number of ether oxygens (including phenoxy) is 1. The molecule has 0 aliphatic heterocycles. The second kappa shape index (κ2) is 4.77. The van der Waals surface area contributed by atoms with Crippen LogP contribution in [-0.4, -0.2) is 13.1 Å². The van der Waals surface area contributed by atoms with Crippen molar-refractivity contribution in [1.82, 2.24) is 0 Å². The maximum absolute atomic E-state index is 13.2. The second-order valence-electron chi connectivity index (χ2n) is 3.23. The third kappa shape index (κ3) is 2.26. The molecule has 0 aliphatic carbocycles. The van der Waals surface area contributed by atoms with Gasteiger partial charge in [0.15, 0.2) is 0 Å². The third-order valence-corrected chi connectivity index (χ3v) is 2.36. The first-order valence-corrected chi connectivity index (χ1v) is 4.73. The summed E-state index contributed by atoms with van der Waals surface area (Å²) in [5.41, 5.74) is 6.08. The highest BCUT2D eigenvalue weighted by molar-refractivity contribution is 5.80. The third-order valence-electron chi connectivity index (χ3n) is 2.36. The molecular formula is C11H14FNO2. The second-order valence-corrected chi connectivity index (χ2v) is 3.23. The average Bonchev–Trinajstić information content (AvgIpc) is 2.24. The standard InChI is InChI=1S/C11H14FNO2/c1-3-7(11(14)15-2)8-5-4-6-9(12)10(8)13/h4-7H,3,13H2,1-2H3. The summed E-state index contributed by atoms with van der Waals surface area (Å²) in [6.45, 7) is 1.83. The molecule has 0 heterocycles. The van der Waals surface area contributed by atoms with Gasteiger partial charge in [0, 0.05) is 0 Å². The van der Waals surface area contributed by atoms with E-state index in [1.54, 1.807) is 6.07 Å². The van der Waals surface area contributed by atoms with Crippen molar-refractivity contribution in [3.05, 3.63) is 29.6 Å². The minimum Gasteiger partial charge on any atom is -0.469 e. The quantitative estimate of drug-likeness (QED) is 0.615. The summed E-state index contributed by atoms with van der Waals surface area (Å²) in [5, 5.41) is 0. The molecule has 15 heavy (non-hydrogen) atoms. The Morgan fingerprint density at radius 2 is 2.27 bits per heavy atom. The number of esters is 1. The lowest BCUT2D eigenvalue weighted by atomic mass is 9.95. The van der Waals surface area contributed by atoms with Crippen molar-refractivity contribution in [3.8, 4) is 0 Å². The van der Waals surface area contributed by atoms with Crippen LogP contribution in [0.2, 0.25) is 0 Å². The molecule has 0 fully saturated rings. The molecule has 0 amide bonds. The first-order valence-electron chi connectivity index (χ1n) is 4.73. The zero-order valence-corrected chi connectivity index (χ0v) is 8.79. The molecule has 0 spiro atoms. The van der Waals surface area contributed by atoms with Crippen LogP contribution in [-0.2, 0) is 9.53 Å². The molecular weight excluding hydrogens is 197 g/mol. The number of benzene rings is 1. The van der Waals surface area contributed by atoms with Crippen molar-refractivity contribution in [3.63, 3.8) is 0 Å². The number of carbonyl (C=O) groups is 1. The molecule has 82 valence electrons. The van der Waals surface area contributed by atoms with Crippen LogP contribution < -0.4 is 5.73 Å². The summed E-state index contributed by atoms with van der Waals surface area (Å²) in [5.74, 6) is -1.39. The predicted octanol–water partition coefficient (Wildman–Crippen LogP) is 2.07. The number of nitrogen functional groups attached to an aromatic ring is 1. The fourth-order valence-corrected chi connectivity index (χ4v) is 1.51. The molecule has 1 aromatic rings. The van der Waals surface area contributed by atoms with Gasteiger partial charge in [-0.25, -0.2) is 4.39 Å². The first kappa shape index (κ1) is 11.5. The number of carbonyl (C=O) groups excluding carboxylic acids is 1. The zero-order valence-electron chi connectivity index (χ0n) is 8.79. The largest absolute Gasteiger partial charge is 0.469 e. The predicted molar refractivity (Wildman–Crippen MR) is 55.9 cm³/mol. The van der Waals surface area contributed by atoms with Gasteiger partial charge in [-0.3, -0.25) is 4.79 Å². The molecule has 1 atom stereocenters. The molecule has 4 heteroatoms. The van der Waals surface area contributed by atoms with Crippen molar-refractivity contribution in [2.24, 2.45) is 0 Å². The Morgan fingerprint density at radius 1 is 1.60 bits per heavy atom. The Kier molecular flexibility index (Phi) is 3.66. The summed E-state index contributed by atoms with van der Waals surface area (Å²) in [7, 11) is 1.31. The molecule has 0 bridgehead atoms. The van der Waals surface area contributed by atoms with Crippen molar-refractivity contribution in [2.45, 2.75) is 19.3 Å². The highest BCUT2D eigenvalue weighted by atomic mass is 19.1. The van der Waals surface area contributed by atoms with E-state index >= 15 is 0 Å². The SMILES string of the molecule is CCC(C(=O)OC)c1cccc(F)c1N. The minimum atomic E-state index is -0.505. The molecule has 0 aliphatic rings. The summed E-state index contributed by atoms with van der Waals surface area (Å²) < 4.78 is 17.8. The summed E-state index contributed by atoms with van der Waals surface area (Å²) in [6.07, 6.45) is 0.528. The van der Waals surface area contributed by atoms with E-state index in [9.17, 15) is 9.18 Å². The molecule has 0 radical (unpaired) electrons. The Hall–Kier alpha value is -1.58. The maximum atomic E-state index is 13.2. The number of methoxy groups -OCH3 is 1. The number of hydrogen-bond donors (Lipinski definition) is 1. The Bertz CT molecular complexity index is 366. The van der Waals surface area contributed by atoms with Crippen molar-refractivity contribution in [1.29, 1.82) is 0 Å². The van der Waals surface area contributed by atoms with Gasteiger partial charge in [0.2, 0.25) is 0 Å². The molecule has 0 saturated heterocycles. The van der Waals surface area contributed by atoms with Crippen LogP contribution >= 0.6 is 0 Å². The topological polar surface area (TPSA) is 52.3 Å². The van der Waals surface area contributed by atoms with E-state index in [2.05, 4.69) is 4.74 Å². The van der Waals surface area contributed by atoms with Gasteiger partial charge in [-0.2, -0.15) is 0 Å². The minimum absolute atomic E-state index is 0.0229. The normalized spacial score (nSPS) is 12.2. The van der Waals surface area contributed by atoms with Crippen LogP contribution in [0, 0.1) is 5.82 Å². The number of hydrogen-bond acceptors (Lipinski definition) is 3. The highest BCUT2D eigenvalue weighted by Gasteiger charge is 2.22. The Balaban J connectivity index is 3.12. The Labute approximate surface area is 88.0 Å². The summed E-state index contributed by atoms with van der Waals surface area (Å²) in [6, 6.07) is 4.44. The van der Waals surface area contributed by atoms with Crippen LogP contribution in [0.3, 0.4) is 0 Å². The lowest BCUT2D eigenvalue weighted by molar-refractivity contribution is -0.142. The lowest BCUT2D eigenvalue weighted by Crippen LogP contribution is -2.15. The monoisotopic (exact) mass is 211 g/mol. The lowest BCUT2D eigenvalue weighted by Gasteiger charge is -2.15. The molecule has 1 unspecified atom stereocenters. The highest BCUT2D eigenvalue weighted by Crippen LogP contribution is 2.27. The van der Waals surface area contributed by atoms with Gasteiger partial charge in [0.1, 0.15) is 5.82 Å². The molecule has 1 rings (SSSR count). The van der Waals surface area contributed by atoms with Crippen LogP contribution in [0.25, 0.3) is 0 Å². The molecule has 1 aromatic carbocycles. The van der Waals surface area contributed by atoms with E-state index < -0.39 is 17.7 Å². The van der Waals surface area contributed by atoms with E-state index in [0.29, 0.717) is 12.0 Å². The van der Waals surface area contributed by atoms with E-state index in [1.165, 1.54) is 19.2 Å². The van der Waals surface area contributed by atoms with E-state index in [0.717, 1.165) is 0 Å². The number of nitrogens with two attached hydrogens (primary N) is 1. The van der Waals surface area contributed by atoms with Crippen molar-refractivity contribution in [2.75, 3.05) is 12.8 Å². The fraction of sp³-hybridized carbons (Fsp3) is 0.364. The van der Waals surface area contributed by atoms with Gasteiger partial charge in [-0.15, -0.1) is 0 Å². The molecule has 0 aromatic heterocycles. The van der Waals surface area contributed by atoms with Gasteiger partial charge < -0.3 is 10.5 Å². The maximum Gasteiger partial charge on any atom is 0.313 e. The van der Waals surface area contributed by atoms with Gasteiger partial charge in [0.25, 0.3) is 0 Å². The van der Waals surface area contributed by atoms with Crippen LogP contribution in [0.1, 0.15) is 24.8 Å². The van der Waals surface area contributed by atoms with Crippen LogP contribution in [0.5, 0.6) is 0 Å². The van der Waals surface area contributed by atoms with Crippen LogP contribution in [0.4, 0.5) is 10.1 Å². The van der Waals surface area contributed by atoms with Gasteiger partial charge in [-0.05, 0) is 18.1 Å². The first-order chi connectivity index (χ1) is 7.11. The van der Waals surface area contributed by atoms with Gasteiger partial charge in [-0.1, -0.05) is 19.1 Å². The van der Waals surface area contributed by atoms with E-state index in [-0.39, 0.29) is 5.69 Å². The van der Waals surface area contributed by atoms with Gasteiger partial charge in [0.05, 0.1) is 18.7 Å². The van der Waals surface area contributed by atoms with Crippen molar-refractivity contribution >= 4 is 11.7 Å². The molecule has 2 N–H and O–H groups in total. The van der Waals surface area contributed by atoms with Gasteiger partial charge >= 0.3 is 5.97 Å². The fourth-order valence-electron chi connectivity index (χ4n) is 1.51. The number of rotatable bonds is 3. The van der Waals surface area contributed by atoms with E-state index in [4.69, 9.17) is 5.73 Å². The smallest absolute Gasteiger partial charge is 0.313 e.